The Hall–Kier alpha value is -1.33. The van der Waals surface area contributed by atoms with Gasteiger partial charge in [-0.05, 0) is 25.1 Å². The second kappa shape index (κ2) is 5.84. The summed E-state index contributed by atoms with van der Waals surface area (Å²) in [5, 5.41) is 3.99. The van der Waals surface area contributed by atoms with Crippen molar-refractivity contribution in [3.8, 4) is 5.75 Å². The SMILES string of the molecule is CN=C(C)Nc1nc2ccc(OC)cc2s1.Cl. The number of amidine groups is 1. The first-order valence-corrected chi connectivity index (χ1v) is 5.69. The van der Waals surface area contributed by atoms with E-state index >= 15 is 0 Å². The number of halogens is 1. The van der Waals surface area contributed by atoms with E-state index in [4.69, 9.17) is 4.74 Å². The molecule has 2 aromatic rings. The fourth-order valence-electron chi connectivity index (χ4n) is 1.30. The van der Waals surface area contributed by atoms with Gasteiger partial charge in [-0.15, -0.1) is 12.4 Å². The molecular weight excluding hydrogens is 258 g/mol. The lowest BCUT2D eigenvalue weighted by molar-refractivity contribution is 0.415. The van der Waals surface area contributed by atoms with E-state index in [0.29, 0.717) is 0 Å². The zero-order valence-electron chi connectivity index (χ0n) is 9.85. The van der Waals surface area contributed by atoms with Gasteiger partial charge in [0, 0.05) is 7.05 Å². The highest BCUT2D eigenvalue weighted by Gasteiger charge is 2.04. The van der Waals surface area contributed by atoms with E-state index in [1.54, 1.807) is 25.5 Å². The van der Waals surface area contributed by atoms with Crippen LogP contribution in [0, 0.1) is 0 Å². The van der Waals surface area contributed by atoms with Crippen LogP contribution in [0.1, 0.15) is 6.92 Å². The summed E-state index contributed by atoms with van der Waals surface area (Å²) in [6.45, 7) is 1.91. The van der Waals surface area contributed by atoms with Crippen molar-refractivity contribution in [1.82, 2.24) is 4.98 Å². The maximum absolute atomic E-state index is 5.17. The van der Waals surface area contributed by atoms with Crippen molar-refractivity contribution in [3.05, 3.63) is 18.2 Å². The average Bonchev–Trinajstić information content (AvgIpc) is 2.69. The van der Waals surface area contributed by atoms with Crippen LogP contribution >= 0.6 is 23.7 Å². The number of aliphatic imine (C=N–C) groups is 1. The molecule has 4 nitrogen and oxygen atoms in total. The van der Waals surface area contributed by atoms with E-state index in [9.17, 15) is 0 Å². The molecule has 1 aromatic carbocycles. The fourth-order valence-corrected chi connectivity index (χ4v) is 2.24. The number of anilines is 1. The Labute approximate surface area is 110 Å². The van der Waals surface area contributed by atoms with Gasteiger partial charge in [-0.3, -0.25) is 4.99 Å². The molecule has 17 heavy (non-hydrogen) atoms. The van der Waals surface area contributed by atoms with Crippen molar-refractivity contribution >= 4 is 44.9 Å². The van der Waals surface area contributed by atoms with E-state index < -0.39 is 0 Å². The number of rotatable bonds is 2. The van der Waals surface area contributed by atoms with Crippen molar-refractivity contribution in [2.24, 2.45) is 4.99 Å². The molecule has 0 atom stereocenters. The number of nitrogens with zero attached hydrogens (tertiary/aromatic N) is 2. The summed E-state index contributed by atoms with van der Waals surface area (Å²) in [6, 6.07) is 5.84. The van der Waals surface area contributed by atoms with Gasteiger partial charge in [0.2, 0.25) is 0 Å². The van der Waals surface area contributed by atoms with Gasteiger partial charge in [-0.25, -0.2) is 4.98 Å². The van der Waals surface area contributed by atoms with Crippen LogP contribution < -0.4 is 10.1 Å². The molecule has 0 spiro atoms. The zero-order chi connectivity index (χ0) is 11.5. The maximum atomic E-state index is 5.17. The third kappa shape index (κ3) is 3.08. The number of thiazole rings is 1. The lowest BCUT2D eigenvalue weighted by atomic mass is 10.3. The van der Waals surface area contributed by atoms with E-state index in [1.807, 2.05) is 25.1 Å². The largest absolute Gasteiger partial charge is 0.497 e. The quantitative estimate of drug-likeness (QED) is 0.674. The van der Waals surface area contributed by atoms with Gasteiger partial charge in [0.1, 0.15) is 5.75 Å². The number of ether oxygens (including phenoxy) is 1. The third-order valence-corrected chi connectivity index (χ3v) is 3.15. The van der Waals surface area contributed by atoms with Crippen LogP contribution in [0.4, 0.5) is 5.13 Å². The Morgan fingerprint density at radius 2 is 2.24 bits per heavy atom. The van der Waals surface area contributed by atoms with Crippen LogP contribution in [0.2, 0.25) is 0 Å². The zero-order valence-corrected chi connectivity index (χ0v) is 11.5. The van der Waals surface area contributed by atoms with Crippen molar-refractivity contribution in [2.75, 3.05) is 19.5 Å². The summed E-state index contributed by atoms with van der Waals surface area (Å²) < 4.78 is 6.27. The molecule has 0 aliphatic carbocycles. The summed E-state index contributed by atoms with van der Waals surface area (Å²) in [5.74, 6) is 1.70. The maximum Gasteiger partial charge on any atom is 0.189 e. The van der Waals surface area contributed by atoms with Gasteiger partial charge >= 0.3 is 0 Å². The van der Waals surface area contributed by atoms with E-state index in [-0.39, 0.29) is 12.4 Å². The van der Waals surface area contributed by atoms with Crippen LogP contribution in [0.15, 0.2) is 23.2 Å². The average molecular weight is 272 g/mol. The minimum Gasteiger partial charge on any atom is -0.497 e. The minimum atomic E-state index is 0. The highest BCUT2D eigenvalue weighted by molar-refractivity contribution is 7.22. The number of benzene rings is 1. The van der Waals surface area contributed by atoms with E-state index in [2.05, 4.69) is 15.3 Å². The van der Waals surface area contributed by atoms with Gasteiger partial charge < -0.3 is 10.1 Å². The molecule has 0 amide bonds. The Morgan fingerprint density at radius 1 is 1.47 bits per heavy atom. The normalized spacial score (nSPS) is 11.1. The molecule has 0 radical (unpaired) electrons. The Morgan fingerprint density at radius 3 is 2.88 bits per heavy atom. The second-order valence-corrected chi connectivity index (χ2v) is 4.32. The van der Waals surface area contributed by atoms with Crippen LogP contribution in [-0.4, -0.2) is 25.0 Å². The van der Waals surface area contributed by atoms with Gasteiger partial charge in [-0.1, -0.05) is 11.3 Å². The number of fused-ring (bicyclic) bond motifs is 1. The van der Waals surface area contributed by atoms with E-state index in [1.165, 1.54) is 0 Å². The Bertz CT molecular complexity index is 538. The molecule has 92 valence electrons. The monoisotopic (exact) mass is 271 g/mol. The molecule has 2 rings (SSSR count). The smallest absolute Gasteiger partial charge is 0.189 e. The standard InChI is InChI=1S/C11H13N3OS.ClH/c1-7(12-2)13-11-14-9-5-4-8(15-3)6-10(9)16-11;/h4-6H,1-3H3,(H,12,13,14);1H. The summed E-state index contributed by atoms with van der Waals surface area (Å²) in [5.41, 5.74) is 0.970. The van der Waals surface area contributed by atoms with E-state index in [0.717, 1.165) is 26.9 Å². The van der Waals surface area contributed by atoms with Crippen LogP contribution in [0.5, 0.6) is 5.75 Å². The molecule has 0 fully saturated rings. The Kier molecular flexibility index (Phi) is 4.72. The highest BCUT2D eigenvalue weighted by atomic mass is 35.5. The molecule has 0 saturated carbocycles. The predicted octanol–water partition coefficient (Wildman–Crippen LogP) is 3.19. The minimum absolute atomic E-state index is 0. The van der Waals surface area contributed by atoms with Crippen molar-refractivity contribution in [3.63, 3.8) is 0 Å². The van der Waals surface area contributed by atoms with Gasteiger partial charge in [0.05, 0.1) is 23.2 Å². The van der Waals surface area contributed by atoms with Crippen LogP contribution in [0.25, 0.3) is 10.2 Å². The molecular formula is C11H14ClN3OS. The molecule has 0 unspecified atom stereocenters. The predicted molar refractivity (Wildman–Crippen MR) is 76.1 cm³/mol. The first-order chi connectivity index (χ1) is 7.72. The number of nitrogens with one attached hydrogen (secondary N) is 1. The third-order valence-electron chi connectivity index (χ3n) is 2.22. The summed E-state index contributed by atoms with van der Waals surface area (Å²) in [6.07, 6.45) is 0. The van der Waals surface area contributed by atoms with Gasteiger partial charge in [0.25, 0.3) is 0 Å². The molecule has 0 bridgehead atoms. The topological polar surface area (TPSA) is 46.5 Å². The first-order valence-electron chi connectivity index (χ1n) is 4.88. The summed E-state index contributed by atoms with van der Waals surface area (Å²) >= 11 is 1.59. The van der Waals surface area contributed by atoms with Gasteiger partial charge in [0.15, 0.2) is 5.13 Å². The Balaban J connectivity index is 0.00000144. The van der Waals surface area contributed by atoms with Crippen LogP contribution in [0.3, 0.4) is 0 Å². The number of aromatic nitrogens is 1. The van der Waals surface area contributed by atoms with Crippen LogP contribution in [-0.2, 0) is 0 Å². The molecule has 1 heterocycles. The summed E-state index contributed by atoms with van der Waals surface area (Å²) in [4.78, 5) is 8.48. The second-order valence-electron chi connectivity index (χ2n) is 3.29. The molecule has 1 N–H and O–H groups in total. The van der Waals surface area contributed by atoms with Gasteiger partial charge in [-0.2, -0.15) is 0 Å². The fraction of sp³-hybridized carbons (Fsp3) is 0.273. The van der Waals surface area contributed by atoms with Crippen molar-refractivity contribution in [1.29, 1.82) is 0 Å². The molecule has 1 aromatic heterocycles. The summed E-state index contributed by atoms with van der Waals surface area (Å²) in [7, 11) is 3.41. The molecule has 0 saturated heterocycles. The lowest BCUT2D eigenvalue weighted by Crippen LogP contribution is -2.05. The number of hydrogen-bond acceptors (Lipinski definition) is 4. The molecule has 0 aliphatic heterocycles. The highest BCUT2D eigenvalue weighted by Crippen LogP contribution is 2.28. The van der Waals surface area contributed by atoms with Crippen molar-refractivity contribution < 1.29 is 4.74 Å². The number of methoxy groups -OCH3 is 1. The molecule has 6 heteroatoms. The van der Waals surface area contributed by atoms with Crippen molar-refractivity contribution in [2.45, 2.75) is 6.92 Å². The lowest BCUT2D eigenvalue weighted by Gasteiger charge is -1.97. The molecule has 0 aliphatic rings. The first kappa shape index (κ1) is 13.7. The number of hydrogen-bond donors (Lipinski definition) is 1.